The molecule has 0 bridgehead atoms. The van der Waals surface area contributed by atoms with Crippen molar-refractivity contribution in [2.24, 2.45) is 0 Å². The summed E-state index contributed by atoms with van der Waals surface area (Å²) in [4.78, 5) is 4.55. The van der Waals surface area contributed by atoms with Gasteiger partial charge >= 0.3 is 0 Å². The Balaban J connectivity index is 1.84. The molecule has 3 rings (SSSR count). The normalized spacial score (nSPS) is 19.9. The van der Waals surface area contributed by atoms with Crippen LogP contribution in [0.25, 0.3) is 10.2 Å². The van der Waals surface area contributed by atoms with Crippen molar-refractivity contribution in [1.29, 1.82) is 0 Å². The van der Waals surface area contributed by atoms with Gasteiger partial charge in [-0.05, 0) is 36.6 Å². The zero-order chi connectivity index (χ0) is 11.7. The van der Waals surface area contributed by atoms with Crippen molar-refractivity contribution in [2.75, 3.05) is 23.1 Å². The van der Waals surface area contributed by atoms with Crippen molar-refractivity contribution < 1.29 is 0 Å². The van der Waals surface area contributed by atoms with Crippen LogP contribution in [0.3, 0.4) is 0 Å². The lowest BCUT2D eigenvalue weighted by Crippen LogP contribution is -2.17. The van der Waals surface area contributed by atoms with Gasteiger partial charge in [-0.1, -0.05) is 11.8 Å². The maximum absolute atomic E-state index is 4.55. The van der Waals surface area contributed by atoms with Crippen LogP contribution < -0.4 is 5.32 Å². The minimum Gasteiger partial charge on any atom is -0.381 e. The van der Waals surface area contributed by atoms with Crippen LogP contribution in [0.1, 0.15) is 6.42 Å². The van der Waals surface area contributed by atoms with Crippen LogP contribution in [0, 0.1) is 0 Å². The fraction of sp³-hybridized carbons (Fsp3) is 0.417. The van der Waals surface area contributed by atoms with Gasteiger partial charge in [0.05, 0.1) is 10.2 Å². The fourth-order valence-electron chi connectivity index (χ4n) is 1.96. The second-order valence-corrected chi connectivity index (χ2v) is 7.31. The maximum Gasteiger partial charge on any atom is 0.150 e. The lowest BCUT2D eigenvalue weighted by molar-refractivity contribution is 0.813. The zero-order valence-electron chi connectivity index (χ0n) is 9.60. The molecule has 1 aliphatic rings. The Morgan fingerprint density at radius 3 is 3.18 bits per heavy atom. The van der Waals surface area contributed by atoms with Crippen molar-refractivity contribution in [2.45, 2.75) is 16.8 Å². The van der Waals surface area contributed by atoms with Gasteiger partial charge in [0.25, 0.3) is 0 Å². The third-order valence-corrected chi connectivity index (χ3v) is 6.01. The highest BCUT2D eigenvalue weighted by Crippen LogP contribution is 2.30. The Bertz CT molecular complexity index is 517. The second-order valence-electron chi connectivity index (χ2n) is 4.07. The first-order chi connectivity index (χ1) is 8.35. The molecular weight excluding hydrogens is 268 g/mol. The Hall–Kier alpha value is -0.390. The molecule has 90 valence electrons. The number of fused-ring (bicyclic) bond motifs is 1. The lowest BCUT2D eigenvalue weighted by Gasteiger charge is -2.12. The first-order valence-corrected chi connectivity index (χ1v) is 8.83. The van der Waals surface area contributed by atoms with E-state index in [1.165, 1.54) is 28.3 Å². The summed E-state index contributed by atoms with van der Waals surface area (Å²) < 4.78 is 2.43. The van der Waals surface area contributed by atoms with Gasteiger partial charge in [-0.2, -0.15) is 11.8 Å². The lowest BCUT2D eigenvalue weighted by atomic mass is 10.2. The summed E-state index contributed by atoms with van der Waals surface area (Å²) >= 11 is 5.53. The number of thiazole rings is 1. The van der Waals surface area contributed by atoms with Gasteiger partial charge < -0.3 is 5.32 Å². The summed E-state index contributed by atoms with van der Waals surface area (Å²) in [6, 6.07) is 7.14. The monoisotopic (exact) mass is 282 g/mol. The molecule has 1 aromatic heterocycles. The average Bonchev–Trinajstić information content (AvgIpc) is 2.96. The molecule has 1 atom stereocenters. The second kappa shape index (κ2) is 5.08. The molecule has 1 aliphatic heterocycles. The summed E-state index contributed by atoms with van der Waals surface area (Å²) in [7, 11) is 0. The number of rotatable bonds is 3. The summed E-state index contributed by atoms with van der Waals surface area (Å²) in [5.74, 6) is 2.52. The van der Waals surface area contributed by atoms with Gasteiger partial charge in [0, 0.05) is 17.5 Å². The zero-order valence-corrected chi connectivity index (χ0v) is 12.1. The van der Waals surface area contributed by atoms with E-state index in [2.05, 4.69) is 34.8 Å². The highest BCUT2D eigenvalue weighted by molar-refractivity contribution is 8.00. The number of nitrogens with zero attached hydrogens (tertiary/aromatic N) is 1. The molecule has 1 N–H and O–H groups in total. The first-order valence-electron chi connectivity index (χ1n) is 5.64. The van der Waals surface area contributed by atoms with E-state index < -0.39 is 0 Å². The van der Waals surface area contributed by atoms with Crippen LogP contribution in [0.5, 0.6) is 0 Å². The SMILES string of the molecule is CSc1nc2ccc(NC3CCSC3)cc2s1. The molecular formula is C12H14N2S3. The van der Waals surface area contributed by atoms with E-state index in [9.17, 15) is 0 Å². The summed E-state index contributed by atoms with van der Waals surface area (Å²) in [6.07, 6.45) is 3.36. The van der Waals surface area contributed by atoms with Crippen molar-refractivity contribution >= 4 is 50.8 Å². The molecule has 1 saturated heterocycles. The maximum atomic E-state index is 4.55. The van der Waals surface area contributed by atoms with Crippen molar-refractivity contribution in [1.82, 2.24) is 4.98 Å². The van der Waals surface area contributed by atoms with Gasteiger partial charge in [0.2, 0.25) is 0 Å². The topological polar surface area (TPSA) is 24.9 Å². The molecule has 1 fully saturated rings. The summed E-state index contributed by atoms with van der Waals surface area (Å²) in [5, 5.41) is 3.61. The number of benzene rings is 1. The van der Waals surface area contributed by atoms with Gasteiger partial charge in [0.15, 0.2) is 4.34 Å². The quantitative estimate of drug-likeness (QED) is 0.862. The Kier molecular flexibility index (Phi) is 3.49. The van der Waals surface area contributed by atoms with Gasteiger partial charge in [-0.15, -0.1) is 11.3 Å². The molecule has 0 spiro atoms. The largest absolute Gasteiger partial charge is 0.381 e. The summed E-state index contributed by atoms with van der Waals surface area (Å²) in [6.45, 7) is 0. The number of anilines is 1. The Morgan fingerprint density at radius 2 is 2.41 bits per heavy atom. The van der Waals surface area contributed by atoms with Crippen LogP contribution in [0.4, 0.5) is 5.69 Å². The van der Waals surface area contributed by atoms with Gasteiger partial charge in [0.1, 0.15) is 0 Å². The molecule has 0 radical (unpaired) electrons. The van der Waals surface area contributed by atoms with Crippen LogP contribution in [-0.2, 0) is 0 Å². The fourth-order valence-corrected chi connectivity index (χ4v) is 4.65. The van der Waals surface area contributed by atoms with E-state index in [1.807, 2.05) is 11.8 Å². The molecule has 0 aliphatic carbocycles. The number of hydrogen-bond donors (Lipinski definition) is 1. The molecule has 2 heterocycles. The predicted octanol–water partition coefficient (Wildman–Crippen LogP) is 3.94. The summed E-state index contributed by atoms with van der Waals surface area (Å²) in [5.41, 5.74) is 2.35. The van der Waals surface area contributed by atoms with Gasteiger partial charge in [-0.3, -0.25) is 0 Å². The molecule has 5 heteroatoms. The van der Waals surface area contributed by atoms with E-state index in [4.69, 9.17) is 0 Å². The predicted molar refractivity (Wildman–Crippen MR) is 80.8 cm³/mol. The van der Waals surface area contributed by atoms with Crippen molar-refractivity contribution in [3.8, 4) is 0 Å². The van der Waals surface area contributed by atoms with Crippen LogP contribution >= 0.6 is 34.9 Å². The third-order valence-electron chi connectivity index (χ3n) is 2.84. The van der Waals surface area contributed by atoms with Gasteiger partial charge in [-0.25, -0.2) is 4.98 Å². The van der Waals surface area contributed by atoms with E-state index >= 15 is 0 Å². The third kappa shape index (κ3) is 2.56. The van der Waals surface area contributed by atoms with E-state index in [-0.39, 0.29) is 0 Å². The van der Waals surface area contributed by atoms with E-state index in [1.54, 1.807) is 23.1 Å². The Labute approximate surface area is 114 Å². The molecule has 2 nitrogen and oxygen atoms in total. The number of thioether (sulfide) groups is 2. The standard InChI is InChI=1S/C12H14N2S3/c1-15-12-14-10-3-2-8(6-11(10)17-12)13-9-4-5-16-7-9/h2-3,6,9,13H,4-5,7H2,1H3. The minimum atomic E-state index is 0.644. The molecule has 0 amide bonds. The Morgan fingerprint density at radius 1 is 1.47 bits per heavy atom. The number of aromatic nitrogens is 1. The van der Waals surface area contributed by atoms with E-state index in [0.717, 1.165) is 9.86 Å². The van der Waals surface area contributed by atoms with Crippen LogP contribution in [0.15, 0.2) is 22.5 Å². The average molecular weight is 282 g/mol. The van der Waals surface area contributed by atoms with Crippen molar-refractivity contribution in [3.63, 3.8) is 0 Å². The van der Waals surface area contributed by atoms with Crippen LogP contribution in [-0.4, -0.2) is 28.8 Å². The molecule has 0 saturated carbocycles. The van der Waals surface area contributed by atoms with Crippen molar-refractivity contribution in [3.05, 3.63) is 18.2 Å². The first kappa shape index (κ1) is 11.7. The highest BCUT2D eigenvalue weighted by atomic mass is 32.2. The molecule has 17 heavy (non-hydrogen) atoms. The molecule has 2 aromatic rings. The smallest absolute Gasteiger partial charge is 0.150 e. The van der Waals surface area contributed by atoms with E-state index in [0.29, 0.717) is 6.04 Å². The number of nitrogens with one attached hydrogen (secondary N) is 1. The number of hydrogen-bond acceptors (Lipinski definition) is 5. The minimum absolute atomic E-state index is 0.644. The highest BCUT2D eigenvalue weighted by Gasteiger charge is 2.15. The van der Waals surface area contributed by atoms with Crippen LogP contribution in [0.2, 0.25) is 0 Å². The molecule has 1 unspecified atom stereocenters. The molecule has 1 aromatic carbocycles.